The fourth-order valence-corrected chi connectivity index (χ4v) is 2.22. The maximum atomic E-state index is 11.9. The molecule has 1 fully saturated rings. The van der Waals surface area contributed by atoms with Crippen LogP contribution < -0.4 is 10.1 Å². The van der Waals surface area contributed by atoms with Crippen molar-refractivity contribution in [3.8, 4) is 5.75 Å². The molecule has 20 heavy (non-hydrogen) atoms. The average molecular weight is 279 g/mol. The first kappa shape index (κ1) is 14.8. The van der Waals surface area contributed by atoms with E-state index >= 15 is 0 Å². The number of rotatable bonds is 5. The number of carbonyl (C=O) groups excluding carboxylic acids is 1. The first-order valence-electron chi connectivity index (χ1n) is 6.73. The number of ether oxygens (including phenoxy) is 2. The van der Waals surface area contributed by atoms with Crippen LogP contribution >= 0.6 is 0 Å². The Bertz CT molecular complexity index is 481. The van der Waals surface area contributed by atoms with E-state index in [4.69, 9.17) is 9.47 Å². The fraction of sp³-hybridized carbons (Fsp3) is 0.533. The summed E-state index contributed by atoms with van der Waals surface area (Å²) in [5.74, 6) is 0.661. The Morgan fingerprint density at radius 1 is 1.55 bits per heavy atom. The predicted molar refractivity (Wildman–Crippen MR) is 74.8 cm³/mol. The van der Waals surface area contributed by atoms with Crippen molar-refractivity contribution in [3.05, 3.63) is 29.3 Å². The minimum absolute atomic E-state index is 0.115. The summed E-state index contributed by atoms with van der Waals surface area (Å²) in [6.45, 7) is 3.01. The summed E-state index contributed by atoms with van der Waals surface area (Å²) in [5, 5.41) is 12.8. The van der Waals surface area contributed by atoms with E-state index in [1.54, 1.807) is 7.11 Å². The van der Waals surface area contributed by atoms with Crippen molar-refractivity contribution in [2.24, 2.45) is 0 Å². The lowest BCUT2D eigenvalue weighted by Gasteiger charge is -2.20. The van der Waals surface area contributed by atoms with Gasteiger partial charge in [-0.2, -0.15) is 0 Å². The van der Waals surface area contributed by atoms with Gasteiger partial charge in [-0.1, -0.05) is 12.1 Å². The van der Waals surface area contributed by atoms with Crippen molar-refractivity contribution in [3.63, 3.8) is 0 Å². The smallest absolute Gasteiger partial charge is 0.224 e. The second-order valence-corrected chi connectivity index (χ2v) is 5.28. The fourth-order valence-electron chi connectivity index (χ4n) is 2.22. The number of aryl methyl sites for hydroxylation is 1. The Labute approximate surface area is 118 Å². The molecule has 1 aliphatic rings. The van der Waals surface area contributed by atoms with Crippen molar-refractivity contribution in [1.29, 1.82) is 0 Å². The van der Waals surface area contributed by atoms with Gasteiger partial charge in [0.05, 0.1) is 20.1 Å². The Morgan fingerprint density at radius 3 is 3.00 bits per heavy atom. The molecule has 1 aromatic carbocycles. The third-order valence-corrected chi connectivity index (χ3v) is 3.53. The molecule has 0 bridgehead atoms. The van der Waals surface area contributed by atoms with Gasteiger partial charge in [-0.05, 0) is 24.1 Å². The minimum atomic E-state index is -0.916. The van der Waals surface area contributed by atoms with Crippen LogP contribution in [0.4, 0.5) is 0 Å². The van der Waals surface area contributed by atoms with Gasteiger partial charge in [-0.15, -0.1) is 0 Å². The average Bonchev–Trinajstić information content (AvgIpc) is 2.86. The molecule has 5 heteroatoms. The lowest BCUT2D eigenvalue weighted by Crippen LogP contribution is -2.43. The van der Waals surface area contributed by atoms with Crippen LogP contribution in [0, 0.1) is 6.92 Å². The number of aliphatic hydroxyl groups is 1. The molecule has 2 rings (SSSR count). The van der Waals surface area contributed by atoms with Crippen molar-refractivity contribution < 1.29 is 19.4 Å². The minimum Gasteiger partial charge on any atom is -0.496 e. The summed E-state index contributed by atoms with van der Waals surface area (Å²) >= 11 is 0. The van der Waals surface area contributed by atoms with Crippen LogP contribution in [0.3, 0.4) is 0 Å². The summed E-state index contributed by atoms with van der Waals surface area (Å²) in [7, 11) is 1.61. The molecule has 1 atom stereocenters. The molecule has 0 radical (unpaired) electrons. The molecule has 110 valence electrons. The molecular formula is C15H21NO4. The van der Waals surface area contributed by atoms with E-state index in [1.807, 2.05) is 25.1 Å². The van der Waals surface area contributed by atoms with E-state index in [2.05, 4.69) is 5.32 Å². The molecule has 1 unspecified atom stereocenters. The van der Waals surface area contributed by atoms with Gasteiger partial charge < -0.3 is 19.9 Å². The molecule has 0 aromatic heterocycles. The molecule has 1 heterocycles. The van der Waals surface area contributed by atoms with Crippen LogP contribution in [-0.4, -0.2) is 43.5 Å². The highest BCUT2D eigenvalue weighted by atomic mass is 16.5. The van der Waals surface area contributed by atoms with Crippen LogP contribution in [0.5, 0.6) is 5.75 Å². The number of amides is 1. The maximum Gasteiger partial charge on any atom is 0.224 e. The SMILES string of the molecule is COc1cc(CC(=O)NCC2(O)CCOC2)ccc1C. The Hall–Kier alpha value is -1.59. The zero-order valence-electron chi connectivity index (χ0n) is 11.9. The predicted octanol–water partition coefficient (Wildman–Crippen LogP) is 0.814. The Balaban J connectivity index is 1.88. The first-order valence-corrected chi connectivity index (χ1v) is 6.73. The van der Waals surface area contributed by atoms with E-state index < -0.39 is 5.60 Å². The van der Waals surface area contributed by atoms with Gasteiger partial charge >= 0.3 is 0 Å². The van der Waals surface area contributed by atoms with E-state index in [9.17, 15) is 9.90 Å². The van der Waals surface area contributed by atoms with Gasteiger partial charge in [-0.3, -0.25) is 4.79 Å². The molecule has 5 nitrogen and oxygen atoms in total. The van der Waals surface area contributed by atoms with Crippen LogP contribution in [0.1, 0.15) is 17.5 Å². The molecule has 2 N–H and O–H groups in total. The number of hydrogen-bond donors (Lipinski definition) is 2. The van der Waals surface area contributed by atoms with E-state index in [-0.39, 0.29) is 25.5 Å². The number of methoxy groups -OCH3 is 1. The first-order chi connectivity index (χ1) is 9.52. The molecule has 1 amide bonds. The van der Waals surface area contributed by atoms with Gasteiger partial charge in [-0.25, -0.2) is 0 Å². The Kier molecular flexibility index (Phi) is 4.62. The topological polar surface area (TPSA) is 67.8 Å². The highest BCUT2D eigenvalue weighted by molar-refractivity contribution is 5.78. The lowest BCUT2D eigenvalue weighted by atomic mass is 10.0. The zero-order valence-corrected chi connectivity index (χ0v) is 11.9. The quantitative estimate of drug-likeness (QED) is 0.837. The van der Waals surface area contributed by atoms with Gasteiger partial charge in [0.15, 0.2) is 0 Å². The molecule has 0 aliphatic carbocycles. The van der Waals surface area contributed by atoms with Crippen molar-refractivity contribution in [2.75, 3.05) is 26.9 Å². The second kappa shape index (κ2) is 6.24. The molecule has 0 saturated carbocycles. The second-order valence-electron chi connectivity index (χ2n) is 5.28. The number of benzene rings is 1. The van der Waals surface area contributed by atoms with Crippen molar-refractivity contribution in [2.45, 2.75) is 25.4 Å². The van der Waals surface area contributed by atoms with Gasteiger partial charge in [0, 0.05) is 19.6 Å². The summed E-state index contributed by atoms with van der Waals surface area (Å²) < 4.78 is 10.4. The third-order valence-electron chi connectivity index (χ3n) is 3.53. The summed E-state index contributed by atoms with van der Waals surface area (Å²) in [6.07, 6.45) is 0.833. The monoisotopic (exact) mass is 279 g/mol. The van der Waals surface area contributed by atoms with Crippen LogP contribution in [0.15, 0.2) is 18.2 Å². The van der Waals surface area contributed by atoms with Gasteiger partial charge in [0.25, 0.3) is 0 Å². The largest absolute Gasteiger partial charge is 0.496 e. The Morgan fingerprint density at radius 2 is 2.35 bits per heavy atom. The van der Waals surface area contributed by atoms with E-state index in [1.165, 1.54) is 0 Å². The van der Waals surface area contributed by atoms with Crippen molar-refractivity contribution >= 4 is 5.91 Å². The van der Waals surface area contributed by atoms with E-state index in [0.717, 1.165) is 16.9 Å². The number of hydrogen-bond acceptors (Lipinski definition) is 4. The zero-order chi connectivity index (χ0) is 14.6. The summed E-state index contributed by atoms with van der Waals surface area (Å²) in [5.41, 5.74) is 1.01. The maximum absolute atomic E-state index is 11.9. The number of carbonyl (C=O) groups is 1. The highest BCUT2D eigenvalue weighted by Gasteiger charge is 2.32. The van der Waals surface area contributed by atoms with Crippen LogP contribution in [0.2, 0.25) is 0 Å². The normalized spacial score (nSPS) is 21.8. The lowest BCUT2D eigenvalue weighted by molar-refractivity contribution is -0.121. The summed E-state index contributed by atoms with van der Waals surface area (Å²) in [4.78, 5) is 11.9. The summed E-state index contributed by atoms with van der Waals surface area (Å²) in [6, 6.07) is 5.70. The third kappa shape index (κ3) is 3.71. The molecule has 1 aromatic rings. The van der Waals surface area contributed by atoms with Crippen LogP contribution in [0.25, 0.3) is 0 Å². The van der Waals surface area contributed by atoms with Crippen LogP contribution in [-0.2, 0) is 16.0 Å². The van der Waals surface area contributed by atoms with Gasteiger partial charge in [0.1, 0.15) is 11.4 Å². The molecule has 0 spiro atoms. The van der Waals surface area contributed by atoms with Gasteiger partial charge in [0.2, 0.25) is 5.91 Å². The molecule has 1 aliphatic heterocycles. The highest BCUT2D eigenvalue weighted by Crippen LogP contribution is 2.20. The van der Waals surface area contributed by atoms with E-state index in [0.29, 0.717) is 13.0 Å². The molecular weight excluding hydrogens is 258 g/mol. The standard InChI is InChI=1S/C15H21NO4/c1-11-3-4-12(7-13(11)19-2)8-14(17)16-9-15(18)5-6-20-10-15/h3-4,7,18H,5-6,8-10H2,1-2H3,(H,16,17). The number of nitrogens with one attached hydrogen (secondary N) is 1. The van der Waals surface area contributed by atoms with Crippen molar-refractivity contribution in [1.82, 2.24) is 5.32 Å². The molecule has 1 saturated heterocycles.